The Hall–Kier alpha value is -1.42. The molecule has 2 atom stereocenters. The smallest absolute Gasteiger partial charge is 0.271 e. The molecule has 1 N–H and O–H groups in total. The van der Waals surface area contributed by atoms with Gasteiger partial charge in [0.05, 0.1) is 4.90 Å². The van der Waals surface area contributed by atoms with Gasteiger partial charge in [0.1, 0.15) is 4.21 Å². The van der Waals surface area contributed by atoms with Crippen LogP contribution in [-0.4, -0.2) is 34.2 Å². The Balaban J connectivity index is 1.79. The maximum Gasteiger partial charge on any atom is 0.271 e. The number of hydrogen-bond donors (Lipinski definition) is 1. The van der Waals surface area contributed by atoms with Crippen molar-refractivity contribution in [1.29, 1.82) is 0 Å². The summed E-state index contributed by atoms with van der Waals surface area (Å²) in [5.74, 6) is 0.649. The average molecular weight is 415 g/mol. The normalized spacial score (nSPS) is 22.2. The zero-order valence-corrected chi connectivity index (χ0v) is 17.1. The van der Waals surface area contributed by atoms with E-state index in [0.29, 0.717) is 30.6 Å². The average Bonchev–Trinajstić information content (AvgIpc) is 3.09. The van der Waals surface area contributed by atoms with Crippen molar-refractivity contribution in [2.45, 2.75) is 29.4 Å². The maximum absolute atomic E-state index is 12.9. The molecule has 0 amide bonds. The highest BCUT2D eigenvalue weighted by molar-refractivity contribution is 7.94. The van der Waals surface area contributed by atoms with Crippen LogP contribution in [-0.2, 0) is 20.0 Å². The summed E-state index contributed by atoms with van der Waals surface area (Å²) in [4.78, 5) is 0.179. The van der Waals surface area contributed by atoms with E-state index < -0.39 is 20.0 Å². The lowest BCUT2D eigenvalue weighted by molar-refractivity contribution is 0.222. The summed E-state index contributed by atoms with van der Waals surface area (Å²) in [6, 6.07) is 9.04. The minimum atomic E-state index is -3.64. The van der Waals surface area contributed by atoms with Crippen LogP contribution in [0.5, 0.6) is 0 Å². The summed E-state index contributed by atoms with van der Waals surface area (Å²) in [6.45, 7) is 5.14. The van der Waals surface area contributed by atoms with Gasteiger partial charge >= 0.3 is 0 Å². The van der Waals surface area contributed by atoms with E-state index in [9.17, 15) is 16.8 Å². The Morgan fingerprint density at radius 2 is 1.62 bits per heavy atom. The first kappa shape index (κ1) is 19.3. The fourth-order valence-corrected chi connectivity index (χ4v) is 7.00. The maximum atomic E-state index is 12.9. The molecule has 1 aromatic heterocycles. The van der Waals surface area contributed by atoms with Crippen LogP contribution in [0, 0.1) is 11.8 Å². The fourth-order valence-electron chi connectivity index (χ4n) is 3.27. The molecule has 0 unspecified atom stereocenters. The van der Waals surface area contributed by atoms with E-state index in [1.807, 2.05) is 0 Å². The summed E-state index contributed by atoms with van der Waals surface area (Å²) in [6.07, 6.45) is 1.02. The number of benzene rings is 1. The Labute approximate surface area is 159 Å². The second-order valence-corrected chi connectivity index (χ2v) is 11.6. The van der Waals surface area contributed by atoms with Gasteiger partial charge in [-0.25, -0.2) is 16.8 Å². The molecule has 6 nitrogen and oxygen atoms in total. The molecule has 2 aromatic rings. The van der Waals surface area contributed by atoms with Crippen LogP contribution in [0.4, 0.5) is 5.69 Å². The topological polar surface area (TPSA) is 83.6 Å². The van der Waals surface area contributed by atoms with Crippen LogP contribution in [0.3, 0.4) is 0 Å². The number of nitrogens with one attached hydrogen (secondary N) is 1. The van der Waals surface area contributed by atoms with Gasteiger partial charge in [-0.15, -0.1) is 11.3 Å². The lowest BCUT2D eigenvalue weighted by atomic mass is 9.94. The minimum Gasteiger partial charge on any atom is -0.279 e. The van der Waals surface area contributed by atoms with Crippen molar-refractivity contribution in [3.8, 4) is 0 Å². The Morgan fingerprint density at radius 1 is 1.00 bits per heavy atom. The van der Waals surface area contributed by atoms with Gasteiger partial charge < -0.3 is 0 Å². The number of sulfonamides is 2. The van der Waals surface area contributed by atoms with Crippen molar-refractivity contribution >= 4 is 37.1 Å². The monoisotopic (exact) mass is 414 g/mol. The Morgan fingerprint density at radius 3 is 2.15 bits per heavy atom. The molecule has 1 saturated heterocycles. The summed E-state index contributed by atoms with van der Waals surface area (Å²) in [5.41, 5.74) is 0.331. The molecular weight excluding hydrogens is 392 g/mol. The predicted octanol–water partition coefficient (Wildman–Crippen LogP) is 3.22. The van der Waals surface area contributed by atoms with Gasteiger partial charge in [0.2, 0.25) is 10.0 Å². The largest absolute Gasteiger partial charge is 0.279 e. The van der Waals surface area contributed by atoms with Crippen molar-refractivity contribution in [2.75, 3.05) is 17.8 Å². The van der Waals surface area contributed by atoms with E-state index in [-0.39, 0.29) is 9.10 Å². The van der Waals surface area contributed by atoms with Gasteiger partial charge in [0.15, 0.2) is 0 Å². The van der Waals surface area contributed by atoms with Gasteiger partial charge in [-0.1, -0.05) is 19.9 Å². The van der Waals surface area contributed by atoms with Crippen LogP contribution in [0.15, 0.2) is 50.9 Å². The molecular formula is C17H22N2O4S3. The van der Waals surface area contributed by atoms with Crippen LogP contribution in [0.1, 0.15) is 20.3 Å². The van der Waals surface area contributed by atoms with Gasteiger partial charge in [-0.3, -0.25) is 4.72 Å². The van der Waals surface area contributed by atoms with Crippen LogP contribution >= 0.6 is 11.3 Å². The van der Waals surface area contributed by atoms with E-state index in [0.717, 1.165) is 17.8 Å². The highest BCUT2D eigenvalue weighted by Gasteiger charge is 2.31. The van der Waals surface area contributed by atoms with E-state index in [1.165, 1.54) is 34.6 Å². The number of nitrogens with zero attached hydrogens (tertiary/aromatic N) is 1. The number of hydrogen-bond acceptors (Lipinski definition) is 5. The molecule has 0 bridgehead atoms. The Kier molecular flexibility index (Phi) is 5.43. The SMILES string of the molecule is C[C@@H]1C[C@@H](C)CN(S(=O)(=O)c2ccc(NS(=O)(=O)c3cccs3)cc2)C1. The standard InChI is InChI=1S/C17H22N2O4S3/c1-13-10-14(2)12-19(11-13)26(22,23)16-7-5-15(6-8-16)18-25(20,21)17-4-3-9-24-17/h3-9,13-14,18H,10-12H2,1-2H3/t13-,14-/m1/s1. The lowest BCUT2D eigenvalue weighted by Crippen LogP contribution is -2.42. The van der Waals surface area contributed by atoms with Gasteiger partial charge in [-0.2, -0.15) is 4.31 Å². The van der Waals surface area contributed by atoms with Crippen molar-refractivity contribution in [3.63, 3.8) is 0 Å². The summed E-state index contributed by atoms with van der Waals surface area (Å²) in [5, 5.41) is 1.69. The summed E-state index contributed by atoms with van der Waals surface area (Å²) < 4.78 is 54.4. The zero-order chi connectivity index (χ0) is 18.9. The number of piperidine rings is 1. The quantitative estimate of drug-likeness (QED) is 0.814. The molecule has 3 rings (SSSR count). The van der Waals surface area contributed by atoms with Gasteiger partial charge in [0, 0.05) is 18.8 Å². The lowest BCUT2D eigenvalue weighted by Gasteiger charge is -2.34. The number of anilines is 1. The third-order valence-corrected chi connectivity index (χ3v) is 8.96. The molecule has 0 saturated carbocycles. The molecule has 1 aliphatic rings. The minimum absolute atomic E-state index is 0.179. The van der Waals surface area contributed by atoms with Crippen LogP contribution in [0.25, 0.3) is 0 Å². The summed E-state index contributed by atoms with van der Waals surface area (Å²) >= 11 is 1.12. The van der Waals surface area contributed by atoms with Crippen molar-refractivity contribution in [2.24, 2.45) is 11.8 Å². The molecule has 1 aromatic carbocycles. The predicted molar refractivity (Wildman–Crippen MR) is 103 cm³/mol. The number of thiophene rings is 1. The molecule has 142 valence electrons. The van der Waals surface area contributed by atoms with Crippen LogP contribution < -0.4 is 4.72 Å². The van der Waals surface area contributed by atoms with E-state index in [2.05, 4.69) is 18.6 Å². The first-order valence-electron chi connectivity index (χ1n) is 8.35. The highest BCUT2D eigenvalue weighted by atomic mass is 32.2. The van der Waals surface area contributed by atoms with E-state index >= 15 is 0 Å². The van der Waals surface area contributed by atoms with Gasteiger partial charge in [0.25, 0.3) is 10.0 Å². The molecule has 26 heavy (non-hydrogen) atoms. The molecule has 1 fully saturated rings. The second-order valence-electron chi connectivity index (χ2n) is 6.83. The van der Waals surface area contributed by atoms with Gasteiger partial charge in [-0.05, 0) is 54.0 Å². The third kappa shape index (κ3) is 4.11. The Bertz CT molecular complexity index is 942. The third-order valence-electron chi connectivity index (χ3n) is 4.34. The van der Waals surface area contributed by atoms with E-state index in [4.69, 9.17) is 0 Å². The van der Waals surface area contributed by atoms with Crippen molar-refractivity contribution in [3.05, 3.63) is 41.8 Å². The molecule has 1 aliphatic heterocycles. The van der Waals surface area contributed by atoms with Crippen molar-refractivity contribution in [1.82, 2.24) is 4.31 Å². The molecule has 0 spiro atoms. The first-order valence-corrected chi connectivity index (χ1v) is 12.2. The molecule has 9 heteroatoms. The highest BCUT2D eigenvalue weighted by Crippen LogP contribution is 2.27. The fraction of sp³-hybridized carbons (Fsp3) is 0.412. The first-order chi connectivity index (χ1) is 12.2. The summed E-state index contributed by atoms with van der Waals surface area (Å²) in [7, 11) is -7.22. The molecule has 2 heterocycles. The van der Waals surface area contributed by atoms with E-state index in [1.54, 1.807) is 11.4 Å². The van der Waals surface area contributed by atoms with Crippen molar-refractivity contribution < 1.29 is 16.8 Å². The molecule has 0 radical (unpaired) electrons. The molecule has 0 aliphatic carbocycles. The second kappa shape index (κ2) is 7.30. The number of rotatable bonds is 5. The zero-order valence-electron chi connectivity index (χ0n) is 14.6. The van der Waals surface area contributed by atoms with Crippen LogP contribution in [0.2, 0.25) is 0 Å².